The van der Waals surface area contributed by atoms with Crippen LogP contribution in [0.25, 0.3) is 0 Å². The molecule has 1 aromatic rings. The number of nitrogens with zero attached hydrogens (tertiary/aromatic N) is 2. The smallest absolute Gasteiger partial charge is 0.256 e. The van der Waals surface area contributed by atoms with Gasteiger partial charge in [0.2, 0.25) is 0 Å². The van der Waals surface area contributed by atoms with E-state index < -0.39 is 0 Å². The minimum atomic E-state index is -0.178. The number of aromatic nitrogens is 1. The molecule has 1 aliphatic rings. The first-order chi connectivity index (χ1) is 9.13. The average molecular weight is 284 g/mol. The molecule has 1 fully saturated rings. The summed E-state index contributed by atoms with van der Waals surface area (Å²) in [6.07, 6.45) is 5.58. The van der Waals surface area contributed by atoms with E-state index in [1.165, 1.54) is 12.3 Å². The van der Waals surface area contributed by atoms with Crippen molar-refractivity contribution < 1.29 is 9.90 Å². The molecule has 1 amide bonds. The number of hydrogen-bond acceptors (Lipinski definition) is 4. The van der Waals surface area contributed by atoms with Gasteiger partial charge >= 0.3 is 0 Å². The van der Waals surface area contributed by atoms with Gasteiger partial charge in [-0.05, 0) is 18.9 Å². The van der Waals surface area contributed by atoms with E-state index in [1.54, 1.807) is 4.90 Å². The van der Waals surface area contributed by atoms with Gasteiger partial charge in [0.25, 0.3) is 5.91 Å². The number of anilines is 1. The monoisotopic (exact) mass is 283 g/mol. The van der Waals surface area contributed by atoms with E-state index in [0.717, 1.165) is 25.7 Å². The highest BCUT2D eigenvalue weighted by molar-refractivity contribution is 6.29. The SMILES string of the molecule is Nc1cnc(Cl)cc1C(=O)N(CCO)C1CCCC1. The first-order valence-corrected chi connectivity index (χ1v) is 6.84. The van der Waals surface area contributed by atoms with Crippen LogP contribution in [0.3, 0.4) is 0 Å². The number of halogens is 1. The summed E-state index contributed by atoms with van der Waals surface area (Å²) in [6, 6.07) is 1.67. The molecule has 3 N–H and O–H groups in total. The van der Waals surface area contributed by atoms with Gasteiger partial charge in [0, 0.05) is 12.6 Å². The van der Waals surface area contributed by atoms with Crippen molar-refractivity contribution in [1.29, 1.82) is 0 Å². The summed E-state index contributed by atoms with van der Waals surface area (Å²) in [5.74, 6) is -0.178. The Labute approximate surface area is 117 Å². The van der Waals surface area contributed by atoms with E-state index in [-0.39, 0.29) is 23.7 Å². The molecule has 1 heterocycles. The lowest BCUT2D eigenvalue weighted by molar-refractivity contribution is 0.0639. The maximum Gasteiger partial charge on any atom is 0.256 e. The van der Waals surface area contributed by atoms with Crippen molar-refractivity contribution in [2.24, 2.45) is 0 Å². The summed E-state index contributed by atoms with van der Waals surface area (Å²) >= 11 is 5.82. The molecule has 0 aromatic carbocycles. The predicted molar refractivity (Wildman–Crippen MR) is 74.0 cm³/mol. The van der Waals surface area contributed by atoms with Gasteiger partial charge in [-0.25, -0.2) is 4.98 Å². The van der Waals surface area contributed by atoms with Gasteiger partial charge in [-0.3, -0.25) is 4.79 Å². The molecule has 0 aliphatic heterocycles. The van der Waals surface area contributed by atoms with E-state index in [2.05, 4.69) is 4.98 Å². The lowest BCUT2D eigenvalue weighted by Gasteiger charge is -2.28. The second kappa shape index (κ2) is 6.21. The number of hydrogen-bond donors (Lipinski definition) is 2. The van der Waals surface area contributed by atoms with Crippen molar-refractivity contribution in [3.63, 3.8) is 0 Å². The molecule has 0 saturated heterocycles. The summed E-state index contributed by atoms with van der Waals surface area (Å²) in [7, 11) is 0. The zero-order valence-corrected chi connectivity index (χ0v) is 11.4. The molecule has 0 bridgehead atoms. The molecule has 0 unspecified atom stereocenters. The number of carbonyl (C=O) groups excluding carboxylic acids is 1. The zero-order valence-electron chi connectivity index (χ0n) is 10.7. The van der Waals surface area contributed by atoms with Crippen molar-refractivity contribution >= 4 is 23.2 Å². The predicted octanol–water partition coefficient (Wildman–Crippen LogP) is 1.69. The van der Waals surface area contributed by atoms with Gasteiger partial charge in [0.15, 0.2) is 0 Å². The molecule has 104 valence electrons. The summed E-state index contributed by atoms with van der Waals surface area (Å²) in [4.78, 5) is 18.1. The first kappa shape index (κ1) is 14.1. The molecule has 0 atom stereocenters. The fourth-order valence-corrected chi connectivity index (χ4v) is 2.71. The second-order valence-corrected chi connectivity index (χ2v) is 5.14. The van der Waals surface area contributed by atoms with Gasteiger partial charge in [0.05, 0.1) is 24.1 Å². The topological polar surface area (TPSA) is 79.5 Å². The minimum Gasteiger partial charge on any atom is -0.397 e. The van der Waals surface area contributed by atoms with Crippen LogP contribution in [-0.4, -0.2) is 40.1 Å². The molecule has 0 spiro atoms. The van der Waals surface area contributed by atoms with Gasteiger partial charge in [0.1, 0.15) is 5.15 Å². The molecule has 1 saturated carbocycles. The van der Waals surface area contributed by atoms with Crippen LogP contribution in [0.4, 0.5) is 5.69 Å². The zero-order chi connectivity index (χ0) is 13.8. The van der Waals surface area contributed by atoms with Crippen LogP contribution in [0.1, 0.15) is 36.0 Å². The van der Waals surface area contributed by atoms with Gasteiger partial charge in [-0.15, -0.1) is 0 Å². The molecule has 0 radical (unpaired) electrons. The summed E-state index contributed by atoms with van der Waals surface area (Å²) in [5, 5.41) is 9.40. The molecule has 5 nitrogen and oxygen atoms in total. The molecule has 1 aliphatic carbocycles. The summed E-state index contributed by atoms with van der Waals surface area (Å²) < 4.78 is 0. The molecule has 19 heavy (non-hydrogen) atoms. The highest BCUT2D eigenvalue weighted by Crippen LogP contribution is 2.26. The Morgan fingerprint density at radius 1 is 1.53 bits per heavy atom. The summed E-state index contributed by atoms with van der Waals surface area (Å²) in [5.41, 5.74) is 6.47. The fraction of sp³-hybridized carbons (Fsp3) is 0.538. The van der Waals surface area contributed by atoms with E-state index >= 15 is 0 Å². The maximum atomic E-state index is 12.5. The number of amides is 1. The molecular weight excluding hydrogens is 266 g/mol. The van der Waals surface area contributed by atoms with Crippen LogP contribution in [0.15, 0.2) is 12.3 Å². The minimum absolute atomic E-state index is 0.0546. The average Bonchev–Trinajstić information content (AvgIpc) is 2.92. The molecule has 2 rings (SSSR count). The van der Waals surface area contributed by atoms with Crippen LogP contribution in [-0.2, 0) is 0 Å². The third-order valence-corrected chi connectivity index (χ3v) is 3.71. The highest BCUT2D eigenvalue weighted by atomic mass is 35.5. The Morgan fingerprint density at radius 2 is 2.21 bits per heavy atom. The maximum absolute atomic E-state index is 12.5. The van der Waals surface area contributed by atoms with Crippen LogP contribution in [0.2, 0.25) is 5.15 Å². The summed E-state index contributed by atoms with van der Waals surface area (Å²) in [6.45, 7) is 0.268. The van der Waals surface area contributed by atoms with Gasteiger partial charge in [-0.1, -0.05) is 24.4 Å². The molecule has 6 heteroatoms. The number of nitrogens with two attached hydrogens (primary N) is 1. The van der Waals surface area contributed by atoms with Crippen molar-refractivity contribution in [3.8, 4) is 0 Å². The number of rotatable bonds is 4. The standard InChI is InChI=1S/C13H18ClN3O2/c14-12-7-10(11(15)8-16-12)13(19)17(5-6-18)9-3-1-2-4-9/h7-9,18H,1-6,15H2. The number of nitrogen functional groups attached to an aromatic ring is 1. The Bertz CT molecular complexity index is 461. The van der Waals surface area contributed by atoms with Crippen LogP contribution < -0.4 is 5.73 Å². The van der Waals surface area contributed by atoms with E-state index in [9.17, 15) is 4.79 Å². The number of aliphatic hydroxyl groups is 1. The Morgan fingerprint density at radius 3 is 2.84 bits per heavy atom. The van der Waals surface area contributed by atoms with E-state index in [4.69, 9.17) is 22.4 Å². The molecule has 1 aromatic heterocycles. The lowest BCUT2D eigenvalue weighted by Crippen LogP contribution is -2.41. The normalized spacial score (nSPS) is 15.7. The largest absolute Gasteiger partial charge is 0.397 e. The lowest BCUT2D eigenvalue weighted by atomic mass is 10.1. The first-order valence-electron chi connectivity index (χ1n) is 6.46. The van der Waals surface area contributed by atoms with Gasteiger partial charge < -0.3 is 15.7 Å². The van der Waals surface area contributed by atoms with Crippen molar-refractivity contribution in [3.05, 3.63) is 23.0 Å². The Kier molecular flexibility index (Phi) is 4.61. The van der Waals surface area contributed by atoms with Crippen molar-refractivity contribution in [2.45, 2.75) is 31.7 Å². The van der Waals surface area contributed by atoms with E-state index in [0.29, 0.717) is 17.8 Å². The number of carbonyl (C=O) groups is 1. The second-order valence-electron chi connectivity index (χ2n) is 4.75. The highest BCUT2D eigenvalue weighted by Gasteiger charge is 2.28. The third kappa shape index (κ3) is 3.16. The Balaban J connectivity index is 2.25. The van der Waals surface area contributed by atoms with Crippen molar-refractivity contribution in [2.75, 3.05) is 18.9 Å². The number of pyridine rings is 1. The van der Waals surface area contributed by atoms with Crippen LogP contribution in [0.5, 0.6) is 0 Å². The number of aliphatic hydroxyl groups excluding tert-OH is 1. The quantitative estimate of drug-likeness (QED) is 0.824. The molecular formula is C13H18ClN3O2. The van der Waals surface area contributed by atoms with Crippen molar-refractivity contribution in [1.82, 2.24) is 9.88 Å². The Hall–Kier alpha value is -1.33. The van der Waals surface area contributed by atoms with Gasteiger partial charge in [-0.2, -0.15) is 0 Å². The third-order valence-electron chi connectivity index (χ3n) is 3.50. The van der Waals surface area contributed by atoms with E-state index in [1.807, 2.05) is 0 Å². The van der Waals surface area contributed by atoms with Crippen LogP contribution in [0, 0.1) is 0 Å². The fourth-order valence-electron chi connectivity index (χ4n) is 2.55. The van der Waals surface area contributed by atoms with Crippen LogP contribution >= 0.6 is 11.6 Å².